The van der Waals surface area contributed by atoms with Gasteiger partial charge in [0.15, 0.2) is 0 Å². The molecule has 1 aromatic carbocycles. The van der Waals surface area contributed by atoms with Crippen LogP contribution in [0.4, 0.5) is 5.69 Å². The number of benzene rings is 1. The van der Waals surface area contributed by atoms with E-state index in [-0.39, 0.29) is 22.4 Å². The van der Waals surface area contributed by atoms with Crippen molar-refractivity contribution in [2.75, 3.05) is 13.1 Å². The third-order valence-corrected chi connectivity index (χ3v) is 4.09. The van der Waals surface area contributed by atoms with E-state index in [1.807, 2.05) is 6.07 Å². The van der Waals surface area contributed by atoms with Crippen LogP contribution in [0.25, 0.3) is 0 Å². The van der Waals surface area contributed by atoms with Crippen molar-refractivity contribution in [1.82, 2.24) is 4.90 Å². The zero-order valence-electron chi connectivity index (χ0n) is 11.6. The highest BCUT2D eigenvalue weighted by molar-refractivity contribution is 5.70. The van der Waals surface area contributed by atoms with E-state index in [4.69, 9.17) is 5.11 Å². The SMILES string of the molecule is Cc1c(CN2CC(C(C)C(=O)O)C2)cccc1[N+](=O)[O-]. The maximum Gasteiger partial charge on any atom is 0.306 e. The Bertz CT molecular complexity index is 538. The molecule has 1 aromatic rings. The second-order valence-corrected chi connectivity index (χ2v) is 5.40. The Morgan fingerprint density at radius 2 is 2.20 bits per heavy atom. The number of hydrogen-bond donors (Lipinski definition) is 1. The van der Waals surface area contributed by atoms with Gasteiger partial charge in [-0.3, -0.25) is 19.8 Å². The third kappa shape index (κ3) is 2.80. The van der Waals surface area contributed by atoms with Crippen molar-refractivity contribution in [2.24, 2.45) is 11.8 Å². The summed E-state index contributed by atoms with van der Waals surface area (Å²) in [5.41, 5.74) is 1.76. The van der Waals surface area contributed by atoms with Gasteiger partial charge in [0.25, 0.3) is 5.69 Å². The minimum absolute atomic E-state index is 0.137. The van der Waals surface area contributed by atoms with Gasteiger partial charge in [0.05, 0.1) is 10.8 Å². The van der Waals surface area contributed by atoms with Crippen LogP contribution < -0.4 is 0 Å². The number of nitrogens with zero attached hydrogens (tertiary/aromatic N) is 2. The Labute approximate surface area is 117 Å². The smallest absolute Gasteiger partial charge is 0.306 e. The largest absolute Gasteiger partial charge is 0.481 e. The lowest BCUT2D eigenvalue weighted by atomic mass is 9.86. The Kier molecular flexibility index (Phi) is 4.04. The predicted octanol–water partition coefficient (Wildman–Crippen LogP) is 2.06. The van der Waals surface area contributed by atoms with Crippen molar-refractivity contribution in [3.8, 4) is 0 Å². The van der Waals surface area contributed by atoms with E-state index in [0.717, 1.165) is 18.7 Å². The molecule has 20 heavy (non-hydrogen) atoms. The number of hydrogen-bond acceptors (Lipinski definition) is 4. The molecular weight excluding hydrogens is 260 g/mol. The van der Waals surface area contributed by atoms with Gasteiger partial charge in [-0.1, -0.05) is 19.1 Å². The summed E-state index contributed by atoms with van der Waals surface area (Å²) in [7, 11) is 0. The van der Waals surface area contributed by atoms with Gasteiger partial charge < -0.3 is 5.11 Å². The van der Waals surface area contributed by atoms with Crippen LogP contribution in [0.1, 0.15) is 18.1 Å². The third-order valence-electron chi connectivity index (χ3n) is 4.09. The molecule has 0 aromatic heterocycles. The summed E-state index contributed by atoms with van der Waals surface area (Å²) in [6.07, 6.45) is 0. The maximum atomic E-state index is 10.9. The Morgan fingerprint density at radius 3 is 2.75 bits per heavy atom. The van der Waals surface area contributed by atoms with Crippen LogP contribution in [0.2, 0.25) is 0 Å². The molecule has 6 heteroatoms. The lowest BCUT2D eigenvalue weighted by molar-refractivity contribution is -0.385. The quantitative estimate of drug-likeness (QED) is 0.658. The Morgan fingerprint density at radius 1 is 1.55 bits per heavy atom. The van der Waals surface area contributed by atoms with Crippen molar-refractivity contribution < 1.29 is 14.8 Å². The number of carboxylic acid groups (broad SMARTS) is 1. The summed E-state index contributed by atoms with van der Waals surface area (Å²) in [6.45, 7) is 5.58. The lowest BCUT2D eigenvalue weighted by Crippen LogP contribution is -2.50. The van der Waals surface area contributed by atoms with Gasteiger partial charge in [-0.2, -0.15) is 0 Å². The zero-order chi connectivity index (χ0) is 14.9. The fraction of sp³-hybridized carbons (Fsp3) is 0.500. The number of aliphatic carboxylic acids is 1. The van der Waals surface area contributed by atoms with Gasteiger partial charge in [-0.25, -0.2) is 0 Å². The molecule has 0 radical (unpaired) electrons. The zero-order valence-corrected chi connectivity index (χ0v) is 11.6. The topological polar surface area (TPSA) is 83.7 Å². The van der Waals surface area contributed by atoms with Gasteiger partial charge >= 0.3 is 5.97 Å². The molecule has 6 nitrogen and oxygen atoms in total. The molecule has 1 fully saturated rings. The van der Waals surface area contributed by atoms with Gasteiger partial charge in [0.2, 0.25) is 0 Å². The normalized spacial score (nSPS) is 17.5. The predicted molar refractivity (Wildman–Crippen MR) is 73.4 cm³/mol. The molecule has 1 aliphatic rings. The summed E-state index contributed by atoms with van der Waals surface area (Å²) in [6, 6.07) is 5.08. The molecular formula is C14H18N2O4. The van der Waals surface area contributed by atoms with E-state index < -0.39 is 5.97 Å². The summed E-state index contributed by atoms with van der Waals surface area (Å²) in [5, 5.41) is 19.8. The number of carboxylic acids is 1. The maximum absolute atomic E-state index is 10.9. The second-order valence-electron chi connectivity index (χ2n) is 5.40. The average Bonchev–Trinajstić information content (AvgIpc) is 2.33. The molecule has 1 heterocycles. The average molecular weight is 278 g/mol. The lowest BCUT2D eigenvalue weighted by Gasteiger charge is -2.41. The fourth-order valence-electron chi connectivity index (χ4n) is 2.54. The Hall–Kier alpha value is -1.95. The van der Waals surface area contributed by atoms with Crippen molar-refractivity contribution in [1.29, 1.82) is 0 Å². The molecule has 1 saturated heterocycles. The van der Waals surface area contributed by atoms with E-state index in [0.29, 0.717) is 12.1 Å². The summed E-state index contributed by atoms with van der Waals surface area (Å²) in [4.78, 5) is 23.5. The number of rotatable bonds is 5. The van der Waals surface area contributed by atoms with Crippen LogP contribution in [0.3, 0.4) is 0 Å². The van der Waals surface area contributed by atoms with E-state index in [2.05, 4.69) is 4.90 Å². The van der Waals surface area contributed by atoms with Crippen LogP contribution in [0.5, 0.6) is 0 Å². The van der Waals surface area contributed by atoms with E-state index in [1.165, 1.54) is 6.07 Å². The summed E-state index contributed by atoms with van der Waals surface area (Å²) < 4.78 is 0. The molecule has 2 rings (SSSR count). The van der Waals surface area contributed by atoms with Gasteiger partial charge in [0.1, 0.15) is 0 Å². The molecule has 0 bridgehead atoms. The number of carbonyl (C=O) groups is 1. The molecule has 1 unspecified atom stereocenters. The van der Waals surface area contributed by atoms with Crippen LogP contribution in [-0.4, -0.2) is 34.0 Å². The van der Waals surface area contributed by atoms with Crippen LogP contribution in [-0.2, 0) is 11.3 Å². The van der Waals surface area contributed by atoms with Crippen molar-refractivity contribution in [2.45, 2.75) is 20.4 Å². The second kappa shape index (κ2) is 5.58. The summed E-state index contributed by atoms with van der Waals surface area (Å²) in [5.74, 6) is -0.926. The molecule has 0 aliphatic carbocycles. The van der Waals surface area contributed by atoms with Gasteiger partial charge in [-0.05, 0) is 18.4 Å². The van der Waals surface area contributed by atoms with Gasteiger partial charge in [0, 0.05) is 31.3 Å². The minimum Gasteiger partial charge on any atom is -0.481 e. The van der Waals surface area contributed by atoms with E-state index >= 15 is 0 Å². The van der Waals surface area contributed by atoms with E-state index in [9.17, 15) is 14.9 Å². The molecule has 0 amide bonds. The highest BCUT2D eigenvalue weighted by Crippen LogP contribution is 2.28. The molecule has 1 N–H and O–H groups in total. The molecule has 0 saturated carbocycles. The highest BCUT2D eigenvalue weighted by atomic mass is 16.6. The minimum atomic E-state index is -0.763. The first-order valence-electron chi connectivity index (χ1n) is 6.58. The Balaban J connectivity index is 1.98. The monoisotopic (exact) mass is 278 g/mol. The number of nitro groups is 1. The van der Waals surface area contributed by atoms with E-state index in [1.54, 1.807) is 19.9 Å². The molecule has 108 valence electrons. The van der Waals surface area contributed by atoms with Crippen LogP contribution in [0, 0.1) is 28.9 Å². The molecule has 0 spiro atoms. The first kappa shape index (κ1) is 14.5. The van der Waals surface area contributed by atoms with Crippen molar-refractivity contribution in [3.05, 3.63) is 39.4 Å². The number of nitro benzene ring substituents is 1. The summed E-state index contributed by atoms with van der Waals surface area (Å²) >= 11 is 0. The standard InChI is InChI=1S/C14H18N2O4/c1-9-11(4-3-5-13(9)16(19)20)6-15-7-12(8-15)10(2)14(17)18/h3-5,10,12H,6-8H2,1-2H3,(H,17,18). The number of likely N-dealkylation sites (tertiary alicyclic amines) is 1. The van der Waals surface area contributed by atoms with Gasteiger partial charge in [-0.15, -0.1) is 0 Å². The van der Waals surface area contributed by atoms with Crippen molar-refractivity contribution >= 4 is 11.7 Å². The first-order valence-corrected chi connectivity index (χ1v) is 6.58. The fourth-order valence-corrected chi connectivity index (χ4v) is 2.54. The first-order chi connectivity index (χ1) is 9.40. The molecule has 1 atom stereocenters. The highest BCUT2D eigenvalue weighted by Gasteiger charge is 2.34. The van der Waals surface area contributed by atoms with Crippen LogP contribution in [0.15, 0.2) is 18.2 Å². The molecule has 1 aliphatic heterocycles. The van der Waals surface area contributed by atoms with Crippen LogP contribution >= 0.6 is 0 Å². The van der Waals surface area contributed by atoms with Crippen molar-refractivity contribution in [3.63, 3.8) is 0 Å².